The first-order valence-corrected chi connectivity index (χ1v) is 6.32. The Labute approximate surface area is 111 Å². The Kier molecular flexibility index (Phi) is 4.20. The highest BCUT2D eigenvalue weighted by molar-refractivity contribution is 6.29. The fraction of sp³-hybridized carbons (Fsp3) is 0.385. The molecule has 0 bridgehead atoms. The fourth-order valence-electron chi connectivity index (χ4n) is 2.00. The first kappa shape index (κ1) is 12.9. The van der Waals surface area contributed by atoms with Crippen LogP contribution in [0, 0.1) is 5.92 Å². The predicted octanol–water partition coefficient (Wildman–Crippen LogP) is 3.20. The molecule has 0 saturated carbocycles. The van der Waals surface area contributed by atoms with Crippen molar-refractivity contribution in [2.45, 2.75) is 19.3 Å². The molecule has 0 spiro atoms. The Balaban J connectivity index is 2.00. The molecule has 96 valence electrons. The van der Waals surface area contributed by atoms with Crippen LogP contribution in [0.15, 0.2) is 24.3 Å². The molecule has 1 heterocycles. The molecule has 18 heavy (non-hydrogen) atoms. The van der Waals surface area contributed by atoms with E-state index in [1.165, 1.54) is 12.1 Å². The number of nitrogens with zero attached hydrogens (tertiary/aromatic N) is 1. The van der Waals surface area contributed by atoms with Crippen molar-refractivity contribution >= 4 is 23.4 Å². The number of hydrogen-bond acceptors (Lipinski definition) is 3. The molecule has 1 aromatic heterocycles. The summed E-state index contributed by atoms with van der Waals surface area (Å²) in [5.41, 5.74) is 0.154. The first-order chi connectivity index (χ1) is 8.65. The monoisotopic (exact) mass is 266 g/mol. The molecule has 1 atom stereocenters. The number of aromatic carboxylic acids is 1. The molecule has 1 aliphatic carbocycles. The van der Waals surface area contributed by atoms with E-state index in [0.717, 1.165) is 25.8 Å². The van der Waals surface area contributed by atoms with E-state index in [9.17, 15) is 4.79 Å². The predicted molar refractivity (Wildman–Crippen MR) is 71.2 cm³/mol. The van der Waals surface area contributed by atoms with E-state index < -0.39 is 5.97 Å². The number of carboxylic acids is 1. The molecular weight excluding hydrogens is 252 g/mol. The zero-order chi connectivity index (χ0) is 13.0. The van der Waals surface area contributed by atoms with Crippen molar-refractivity contribution in [3.63, 3.8) is 0 Å². The molecule has 0 radical (unpaired) electrons. The summed E-state index contributed by atoms with van der Waals surface area (Å²) in [6.45, 7) is 0.788. The summed E-state index contributed by atoms with van der Waals surface area (Å²) >= 11 is 5.79. The van der Waals surface area contributed by atoms with Crippen LogP contribution in [0.3, 0.4) is 0 Å². The number of carboxylic acid groups (broad SMARTS) is 1. The lowest BCUT2D eigenvalue weighted by Gasteiger charge is -2.18. The average molecular weight is 267 g/mol. The summed E-state index contributed by atoms with van der Waals surface area (Å²) in [6.07, 6.45) is 7.69. The lowest BCUT2D eigenvalue weighted by atomic mass is 9.94. The van der Waals surface area contributed by atoms with Gasteiger partial charge in [-0.15, -0.1) is 0 Å². The van der Waals surface area contributed by atoms with E-state index in [4.69, 9.17) is 16.7 Å². The summed E-state index contributed by atoms with van der Waals surface area (Å²) in [5, 5.41) is 12.3. The van der Waals surface area contributed by atoms with Gasteiger partial charge < -0.3 is 10.4 Å². The van der Waals surface area contributed by atoms with E-state index >= 15 is 0 Å². The van der Waals surface area contributed by atoms with Crippen molar-refractivity contribution in [2.24, 2.45) is 5.92 Å². The van der Waals surface area contributed by atoms with E-state index in [-0.39, 0.29) is 10.7 Å². The van der Waals surface area contributed by atoms with Crippen LogP contribution >= 0.6 is 11.6 Å². The lowest BCUT2D eigenvalue weighted by molar-refractivity contribution is 0.0697. The van der Waals surface area contributed by atoms with Gasteiger partial charge in [0.25, 0.3) is 0 Å². The number of allylic oxidation sites excluding steroid dienone is 2. The molecule has 0 fully saturated rings. The largest absolute Gasteiger partial charge is 0.478 e. The fourth-order valence-corrected chi connectivity index (χ4v) is 2.21. The van der Waals surface area contributed by atoms with E-state index in [1.807, 2.05) is 0 Å². The SMILES string of the molecule is O=C(O)c1cc(Cl)nc(NCC2CC=CCC2)c1. The maximum absolute atomic E-state index is 10.9. The second kappa shape index (κ2) is 5.87. The van der Waals surface area contributed by atoms with Crippen LogP contribution in [0.1, 0.15) is 29.6 Å². The number of nitrogens with one attached hydrogen (secondary N) is 1. The molecular formula is C13H15ClN2O2. The van der Waals surface area contributed by atoms with E-state index in [0.29, 0.717) is 11.7 Å². The van der Waals surface area contributed by atoms with Crippen LogP contribution < -0.4 is 5.32 Å². The molecule has 0 aliphatic heterocycles. The highest BCUT2D eigenvalue weighted by Gasteiger charge is 2.11. The Morgan fingerprint density at radius 1 is 1.50 bits per heavy atom. The number of anilines is 1. The Morgan fingerprint density at radius 3 is 3.00 bits per heavy atom. The normalized spacial score (nSPS) is 18.6. The number of carbonyl (C=O) groups is 1. The zero-order valence-corrected chi connectivity index (χ0v) is 10.7. The number of halogens is 1. The zero-order valence-electron chi connectivity index (χ0n) is 9.90. The maximum Gasteiger partial charge on any atom is 0.335 e. The number of rotatable bonds is 4. The summed E-state index contributed by atoms with van der Waals surface area (Å²) in [6, 6.07) is 2.85. The number of aromatic nitrogens is 1. The van der Waals surface area contributed by atoms with Crippen molar-refractivity contribution in [2.75, 3.05) is 11.9 Å². The van der Waals surface area contributed by atoms with Crippen molar-refractivity contribution in [1.29, 1.82) is 0 Å². The molecule has 2 N–H and O–H groups in total. The van der Waals surface area contributed by atoms with Gasteiger partial charge in [0.05, 0.1) is 5.56 Å². The van der Waals surface area contributed by atoms with Crippen LogP contribution in [0.2, 0.25) is 5.15 Å². The Bertz CT molecular complexity index is 474. The Hall–Kier alpha value is -1.55. The van der Waals surface area contributed by atoms with Gasteiger partial charge in [0.15, 0.2) is 0 Å². The topological polar surface area (TPSA) is 62.2 Å². The van der Waals surface area contributed by atoms with Crippen LogP contribution in [0.5, 0.6) is 0 Å². The molecule has 5 heteroatoms. The molecule has 2 rings (SSSR count). The molecule has 0 aromatic carbocycles. The minimum absolute atomic E-state index is 0.154. The standard InChI is InChI=1S/C13H15ClN2O2/c14-11-6-10(13(17)18)7-12(16-11)15-8-9-4-2-1-3-5-9/h1-2,6-7,9H,3-5,8H2,(H,15,16)(H,17,18). The maximum atomic E-state index is 10.9. The summed E-state index contributed by atoms with van der Waals surface area (Å²) < 4.78 is 0. The van der Waals surface area contributed by atoms with Gasteiger partial charge in [-0.2, -0.15) is 0 Å². The third-order valence-electron chi connectivity index (χ3n) is 2.99. The molecule has 1 aliphatic rings. The second-order valence-corrected chi connectivity index (χ2v) is 4.79. The van der Waals surface area contributed by atoms with Crippen molar-refractivity contribution in [3.8, 4) is 0 Å². The van der Waals surface area contributed by atoms with Gasteiger partial charge in [0, 0.05) is 6.54 Å². The molecule has 0 saturated heterocycles. The van der Waals surface area contributed by atoms with Gasteiger partial charge in [-0.05, 0) is 37.3 Å². The van der Waals surface area contributed by atoms with Gasteiger partial charge in [0.1, 0.15) is 11.0 Å². The number of hydrogen-bond donors (Lipinski definition) is 2. The number of pyridine rings is 1. The van der Waals surface area contributed by atoms with Crippen LogP contribution in [-0.4, -0.2) is 22.6 Å². The van der Waals surface area contributed by atoms with Gasteiger partial charge in [0.2, 0.25) is 0 Å². The second-order valence-electron chi connectivity index (χ2n) is 4.40. The summed E-state index contributed by atoms with van der Waals surface area (Å²) in [7, 11) is 0. The molecule has 0 amide bonds. The van der Waals surface area contributed by atoms with Gasteiger partial charge >= 0.3 is 5.97 Å². The summed E-state index contributed by atoms with van der Waals surface area (Å²) in [4.78, 5) is 15.0. The van der Waals surface area contributed by atoms with Crippen molar-refractivity contribution in [1.82, 2.24) is 4.98 Å². The van der Waals surface area contributed by atoms with Gasteiger partial charge in [-0.3, -0.25) is 0 Å². The molecule has 1 aromatic rings. The smallest absolute Gasteiger partial charge is 0.335 e. The summed E-state index contributed by atoms with van der Waals surface area (Å²) in [5.74, 6) is 0.0986. The van der Waals surface area contributed by atoms with E-state index in [2.05, 4.69) is 22.5 Å². The third kappa shape index (κ3) is 3.47. The molecule has 4 nitrogen and oxygen atoms in total. The first-order valence-electron chi connectivity index (χ1n) is 5.95. The van der Waals surface area contributed by atoms with Crippen LogP contribution in [0.4, 0.5) is 5.82 Å². The minimum atomic E-state index is -0.997. The third-order valence-corrected chi connectivity index (χ3v) is 3.18. The van der Waals surface area contributed by atoms with Crippen LogP contribution in [-0.2, 0) is 0 Å². The quantitative estimate of drug-likeness (QED) is 0.649. The van der Waals surface area contributed by atoms with Crippen LogP contribution in [0.25, 0.3) is 0 Å². The van der Waals surface area contributed by atoms with Crippen molar-refractivity contribution < 1.29 is 9.90 Å². The average Bonchev–Trinajstić information content (AvgIpc) is 2.37. The van der Waals surface area contributed by atoms with E-state index in [1.54, 1.807) is 0 Å². The highest BCUT2D eigenvalue weighted by Crippen LogP contribution is 2.20. The van der Waals surface area contributed by atoms with Gasteiger partial charge in [-0.25, -0.2) is 9.78 Å². The van der Waals surface area contributed by atoms with Crippen molar-refractivity contribution in [3.05, 3.63) is 35.0 Å². The molecule has 1 unspecified atom stereocenters. The van der Waals surface area contributed by atoms with Gasteiger partial charge in [-0.1, -0.05) is 23.8 Å². The highest BCUT2D eigenvalue weighted by atomic mass is 35.5. The lowest BCUT2D eigenvalue weighted by Crippen LogP contribution is -2.16. The minimum Gasteiger partial charge on any atom is -0.478 e. The Morgan fingerprint density at radius 2 is 2.33 bits per heavy atom.